The van der Waals surface area contributed by atoms with Gasteiger partial charge in [0.25, 0.3) is 0 Å². The third-order valence-corrected chi connectivity index (χ3v) is 8.49. The molecule has 0 aromatic heterocycles. The van der Waals surface area contributed by atoms with Crippen molar-refractivity contribution in [1.82, 2.24) is 0 Å². The van der Waals surface area contributed by atoms with Gasteiger partial charge < -0.3 is 14.2 Å². The Balaban J connectivity index is 1.40. The van der Waals surface area contributed by atoms with Gasteiger partial charge in [0.2, 0.25) is 0 Å². The van der Waals surface area contributed by atoms with Gasteiger partial charge in [-0.2, -0.15) is 0 Å². The molecule has 2 unspecified atom stereocenters. The molecule has 0 saturated heterocycles. The SMILES string of the molecule is COc1ccc(C2CC(=O)C3=C(C2)OC2=C(C(=O)CC(c4ccc(OC)cc4)C2)C3c2ccccc2Cl)cc1. The van der Waals surface area contributed by atoms with Crippen LogP contribution in [-0.2, 0) is 14.3 Å². The summed E-state index contributed by atoms with van der Waals surface area (Å²) in [7, 11) is 3.27. The number of carbonyl (C=O) groups excluding carboxylic acids is 2. The highest BCUT2D eigenvalue weighted by Crippen LogP contribution is 2.52. The monoisotopic (exact) mass is 540 g/mol. The minimum absolute atomic E-state index is 0.00128. The van der Waals surface area contributed by atoms with Crippen LogP contribution < -0.4 is 9.47 Å². The van der Waals surface area contributed by atoms with E-state index in [9.17, 15) is 9.59 Å². The summed E-state index contributed by atoms with van der Waals surface area (Å²) in [4.78, 5) is 27.6. The number of Topliss-reactive ketones (excluding diaryl/α,β-unsaturated/α-hetero) is 2. The molecule has 0 fully saturated rings. The summed E-state index contributed by atoms with van der Waals surface area (Å²) in [5.41, 5.74) is 4.04. The zero-order valence-corrected chi connectivity index (χ0v) is 22.7. The molecule has 1 heterocycles. The Morgan fingerprint density at radius 2 is 1.13 bits per heavy atom. The molecule has 6 rings (SSSR count). The molecule has 0 bridgehead atoms. The second-order valence-corrected chi connectivity index (χ2v) is 10.7. The van der Waals surface area contributed by atoms with Crippen molar-refractivity contribution >= 4 is 23.2 Å². The van der Waals surface area contributed by atoms with Crippen molar-refractivity contribution in [3.63, 3.8) is 0 Å². The van der Waals surface area contributed by atoms with Gasteiger partial charge in [0.05, 0.1) is 14.2 Å². The number of ketones is 2. The van der Waals surface area contributed by atoms with Crippen LogP contribution in [0, 0.1) is 0 Å². The average Bonchev–Trinajstić information content (AvgIpc) is 2.96. The van der Waals surface area contributed by atoms with Crippen LogP contribution in [0.4, 0.5) is 0 Å². The van der Waals surface area contributed by atoms with Crippen molar-refractivity contribution in [3.05, 3.63) is 117 Å². The Morgan fingerprint density at radius 3 is 1.56 bits per heavy atom. The maximum atomic E-state index is 13.8. The molecule has 39 heavy (non-hydrogen) atoms. The van der Waals surface area contributed by atoms with Crippen LogP contribution >= 0.6 is 11.6 Å². The van der Waals surface area contributed by atoms with Crippen LogP contribution in [0.15, 0.2) is 95.5 Å². The Kier molecular flexibility index (Phi) is 6.78. The number of ether oxygens (including phenoxy) is 3. The van der Waals surface area contributed by atoms with Crippen LogP contribution in [-0.4, -0.2) is 25.8 Å². The molecule has 6 heteroatoms. The van der Waals surface area contributed by atoms with Crippen molar-refractivity contribution in [2.75, 3.05) is 14.2 Å². The molecule has 3 aliphatic rings. The van der Waals surface area contributed by atoms with Crippen molar-refractivity contribution in [1.29, 1.82) is 0 Å². The topological polar surface area (TPSA) is 61.8 Å². The van der Waals surface area contributed by atoms with Crippen LogP contribution in [0.5, 0.6) is 11.5 Å². The molecule has 2 atom stereocenters. The van der Waals surface area contributed by atoms with Crippen molar-refractivity contribution in [2.24, 2.45) is 0 Å². The van der Waals surface area contributed by atoms with E-state index >= 15 is 0 Å². The molecule has 0 spiro atoms. The number of rotatable bonds is 5. The van der Waals surface area contributed by atoms with Gasteiger partial charge in [0.15, 0.2) is 11.6 Å². The van der Waals surface area contributed by atoms with Gasteiger partial charge in [0.1, 0.15) is 23.0 Å². The molecule has 2 aliphatic carbocycles. The second kappa shape index (κ2) is 10.4. The van der Waals surface area contributed by atoms with Crippen molar-refractivity contribution < 1.29 is 23.8 Å². The number of allylic oxidation sites excluding steroid dienone is 4. The van der Waals surface area contributed by atoms with Crippen LogP contribution in [0.3, 0.4) is 0 Å². The largest absolute Gasteiger partial charge is 0.497 e. The number of benzene rings is 3. The highest BCUT2D eigenvalue weighted by atomic mass is 35.5. The smallest absolute Gasteiger partial charge is 0.163 e. The summed E-state index contributed by atoms with van der Waals surface area (Å²) in [6.07, 6.45) is 1.85. The number of halogens is 1. The molecule has 0 radical (unpaired) electrons. The van der Waals surface area contributed by atoms with Gasteiger partial charge in [-0.15, -0.1) is 0 Å². The first-order valence-corrected chi connectivity index (χ1v) is 13.6. The molecule has 3 aromatic rings. The number of hydrogen-bond donors (Lipinski definition) is 0. The fourth-order valence-electron chi connectivity index (χ4n) is 6.16. The minimum Gasteiger partial charge on any atom is -0.497 e. The van der Waals surface area contributed by atoms with Crippen LogP contribution in [0.25, 0.3) is 0 Å². The lowest BCUT2D eigenvalue weighted by molar-refractivity contribution is -0.118. The molecular weight excluding hydrogens is 512 g/mol. The first kappa shape index (κ1) is 25.4. The Labute approximate surface area is 233 Å². The quantitative estimate of drug-likeness (QED) is 0.340. The fraction of sp³-hybridized carbons (Fsp3) is 0.273. The summed E-state index contributed by atoms with van der Waals surface area (Å²) < 4.78 is 17.2. The summed E-state index contributed by atoms with van der Waals surface area (Å²) in [6.45, 7) is 0. The van der Waals surface area contributed by atoms with E-state index in [1.165, 1.54) is 0 Å². The third kappa shape index (κ3) is 4.65. The molecule has 0 saturated carbocycles. The van der Waals surface area contributed by atoms with Crippen LogP contribution in [0.1, 0.15) is 60.1 Å². The fourth-order valence-corrected chi connectivity index (χ4v) is 6.41. The molecular formula is C33H29ClO5. The van der Waals surface area contributed by atoms with Crippen molar-refractivity contribution in [3.8, 4) is 11.5 Å². The lowest BCUT2D eigenvalue weighted by Gasteiger charge is -2.39. The van der Waals surface area contributed by atoms with E-state index in [1.807, 2.05) is 72.8 Å². The summed E-state index contributed by atoms with van der Waals surface area (Å²) in [5, 5.41) is 0.540. The zero-order chi connectivity index (χ0) is 27.1. The first-order chi connectivity index (χ1) is 19.0. The maximum absolute atomic E-state index is 13.8. The Bertz CT molecular complexity index is 1410. The normalized spacial score (nSPS) is 22.7. The van der Waals surface area contributed by atoms with Gasteiger partial charge in [-0.05, 0) is 58.9 Å². The number of carbonyl (C=O) groups is 2. The summed E-state index contributed by atoms with van der Waals surface area (Å²) in [5.74, 6) is 2.28. The van der Waals surface area contributed by atoms with E-state index in [1.54, 1.807) is 14.2 Å². The van der Waals surface area contributed by atoms with E-state index < -0.39 is 5.92 Å². The van der Waals surface area contributed by atoms with E-state index in [-0.39, 0.29) is 23.4 Å². The van der Waals surface area contributed by atoms with Gasteiger partial charge >= 0.3 is 0 Å². The first-order valence-electron chi connectivity index (χ1n) is 13.2. The standard InChI is InChI=1S/C33H29ClO5/c1-37-23-11-7-19(8-12-23)21-15-27(35)32-29(17-21)39-30-18-22(20-9-13-24(38-2)14-10-20)16-28(36)33(30)31(32)25-5-3-4-6-26(25)34/h3-14,21-22,31H,15-18H2,1-2H3. The number of hydrogen-bond acceptors (Lipinski definition) is 5. The predicted octanol–water partition coefficient (Wildman–Crippen LogP) is 7.27. The second-order valence-electron chi connectivity index (χ2n) is 10.3. The molecule has 1 aliphatic heterocycles. The molecule has 5 nitrogen and oxygen atoms in total. The summed E-state index contributed by atoms with van der Waals surface area (Å²) in [6, 6.07) is 23.2. The van der Waals surface area contributed by atoms with E-state index in [4.69, 9.17) is 25.8 Å². The molecule has 3 aromatic carbocycles. The zero-order valence-electron chi connectivity index (χ0n) is 21.9. The van der Waals surface area contributed by atoms with Gasteiger partial charge in [0, 0.05) is 47.8 Å². The Morgan fingerprint density at radius 1 is 0.667 bits per heavy atom. The van der Waals surface area contributed by atoms with Gasteiger partial charge in [-0.1, -0.05) is 54.1 Å². The van der Waals surface area contributed by atoms with E-state index in [0.717, 1.165) is 28.2 Å². The summed E-state index contributed by atoms with van der Waals surface area (Å²) >= 11 is 6.69. The molecule has 0 N–H and O–H groups in total. The average molecular weight is 541 g/mol. The molecule has 0 amide bonds. The third-order valence-electron chi connectivity index (χ3n) is 8.14. The Hall–Kier alpha value is -3.83. The van der Waals surface area contributed by atoms with E-state index in [0.29, 0.717) is 53.4 Å². The van der Waals surface area contributed by atoms with Gasteiger partial charge in [-0.25, -0.2) is 0 Å². The van der Waals surface area contributed by atoms with Gasteiger partial charge in [-0.3, -0.25) is 9.59 Å². The highest BCUT2D eigenvalue weighted by molar-refractivity contribution is 6.31. The lowest BCUT2D eigenvalue weighted by Crippen LogP contribution is -2.33. The predicted molar refractivity (Wildman–Crippen MR) is 149 cm³/mol. The van der Waals surface area contributed by atoms with Crippen LogP contribution in [0.2, 0.25) is 5.02 Å². The van der Waals surface area contributed by atoms with Crippen molar-refractivity contribution in [2.45, 2.75) is 43.4 Å². The highest BCUT2D eigenvalue weighted by Gasteiger charge is 2.45. The minimum atomic E-state index is -0.522. The lowest BCUT2D eigenvalue weighted by atomic mass is 9.69. The van der Waals surface area contributed by atoms with E-state index in [2.05, 4.69) is 0 Å². The number of methoxy groups -OCH3 is 2. The maximum Gasteiger partial charge on any atom is 0.163 e. The molecule has 198 valence electrons.